The molecule has 0 aliphatic carbocycles. The maximum Gasteiger partial charge on any atom is 0.335 e. The number of rotatable bonds is 17. The molecule has 1 aliphatic heterocycles. The van der Waals surface area contributed by atoms with E-state index in [4.69, 9.17) is 23.7 Å². The lowest BCUT2D eigenvalue weighted by Crippen LogP contribution is -2.61. The Hall–Kier alpha value is -3.74. The minimum absolute atomic E-state index is 0.0133. The molecule has 16 nitrogen and oxygen atoms in total. The molecule has 1 heterocycles. The number of methoxy groups -OCH3 is 1. The zero-order valence-electron chi connectivity index (χ0n) is 25.9. The molecule has 1 fully saturated rings. The molecule has 10 unspecified atom stereocenters. The standard InChI is InChI=1S/C31H42O16/c1-14(8-16-4-6-20(43-3)18(34)10-16)15(2)9-17-5-7-21(44-30(19(35)12-32)46-23(13-33)28(39)40)22(11-17)45-31-26(38)24(36)25(37)27(47-31)29(41)42/h4-7,10-11,14-15,19,23-27,30-38H,8-9,12-13H2,1-3H3,(H,39,40)(H,41,42). The second-order valence-corrected chi connectivity index (χ2v) is 11.4. The fraction of sp³-hybridized carbons (Fsp3) is 0.548. The van der Waals surface area contributed by atoms with Gasteiger partial charge in [0.15, 0.2) is 35.2 Å². The van der Waals surface area contributed by atoms with Crippen LogP contribution in [0.3, 0.4) is 0 Å². The van der Waals surface area contributed by atoms with E-state index in [1.165, 1.54) is 19.2 Å². The van der Waals surface area contributed by atoms with Gasteiger partial charge in [0.1, 0.15) is 24.4 Å². The highest BCUT2D eigenvalue weighted by atomic mass is 16.7. The van der Waals surface area contributed by atoms with Crippen LogP contribution >= 0.6 is 0 Å². The first-order valence-corrected chi connectivity index (χ1v) is 14.7. The summed E-state index contributed by atoms with van der Waals surface area (Å²) in [5.74, 6) is -3.22. The molecule has 0 bridgehead atoms. The average Bonchev–Trinajstić information content (AvgIpc) is 3.03. The fourth-order valence-electron chi connectivity index (χ4n) is 4.90. The maximum absolute atomic E-state index is 11.6. The lowest BCUT2D eigenvalue weighted by atomic mass is 9.85. The summed E-state index contributed by atoms with van der Waals surface area (Å²) >= 11 is 0. The van der Waals surface area contributed by atoms with Crippen molar-refractivity contribution in [2.24, 2.45) is 11.8 Å². The Balaban J connectivity index is 1.92. The van der Waals surface area contributed by atoms with Gasteiger partial charge in [-0.3, -0.25) is 0 Å². The van der Waals surface area contributed by atoms with Crippen LogP contribution in [0.1, 0.15) is 25.0 Å². The Bertz CT molecular complexity index is 1340. The van der Waals surface area contributed by atoms with Gasteiger partial charge in [0, 0.05) is 0 Å². The zero-order chi connectivity index (χ0) is 35.0. The molecular weight excluding hydrogens is 628 g/mol. The summed E-state index contributed by atoms with van der Waals surface area (Å²) < 4.78 is 26.9. The van der Waals surface area contributed by atoms with Crippen molar-refractivity contribution in [2.45, 2.75) is 75.9 Å². The van der Waals surface area contributed by atoms with Gasteiger partial charge >= 0.3 is 11.9 Å². The molecule has 16 heteroatoms. The van der Waals surface area contributed by atoms with Gasteiger partial charge in [-0.25, -0.2) is 9.59 Å². The van der Waals surface area contributed by atoms with Crippen molar-refractivity contribution in [1.82, 2.24) is 0 Å². The van der Waals surface area contributed by atoms with Crippen LogP contribution in [0.2, 0.25) is 0 Å². The third-order valence-corrected chi connectivity index (χ3v) is 7.88. The third-order valence-electron chi connectivity index (χ3n) is 7.88. The van der Waals surface area contributed by atoms with Gasteiger partial charge in [0.05, 0.1) is 20.3 Å². The smallest absolute Gasteiger partial charge is 0.335 e. The summed E-state index contributed by atoms with van der Waals surface area (Å²) in [6.45, 7) is 2.07. The number of aliphatic hydroxyl groups is 6. The molecule has 0 spiro atoms. The molecule has 9 N–H and O–H groups in total. The Kier molecular flexibility index (Phi) is 13.6. The summed E-state index contributed by atoms with van der Waals surface area (Å²) in [4.78, 5) is 23.1. The number of hydrogen-bond donors (Lipinski definition) is 9. The number of phenols is 1. The molecule has 2 aromatic carbocycles. The van der Waals surface area contributed by atoms with Gasteiger partial charge in [-0.2, -0.15) is 0 Å². The quantitative estimate of drug-likeness (QED) is 0.0938. The van der Waals surface area contributed by atoms with Gasteiger partial charge in [0.25, 0.3) is 0 Å². The summed E-state index contributed by atoms with van der Waals surface area (Å²) in [5.41, 5.74) is 1.52. The van der Waals surface area contributed by atoms with Crippen molar-refractivity contribution in [3.63, 3.8) is 0 Å². The third kappa shape index (κ3) is 9.65. The number of ether oxygens (including phenoxy) is 5. The first kappa shape index (κ1) is 37.7. The van der Waals surface area contributed by atoms with E-state index >= 15 is 0 Å². The average molecular weight is 671 g/mol. The highest BCUT2D eigenvalue weighted by Gasteiger charge is 2.48. The predicted octanol–water partition coefficient (Wildman–Crippen LogP) is -0.751. The Morgan fingerprint density at radius 3 is 1.96 bits per heavy atom. The Morgan fingerprint density at radius 2 is 1.45 bits per heavy atom. The van der Waals surface area contributed by atoms with Crippen molar-refractivity contribution in [1.29, 1.82) is 0 Å². The minimum atomic E-state index is -1.98. The van der Waals surface area contributed by atoms with Crippen LogP contribution in [0.5, 0.6) is 23.0 Å². The van der Waals surface area contributed by atoms with Crippen LogP contribution in [0.15, 0.2) is 36.4 Å². The Labute approximate surface area is 269 Å². The van der Waals surface area contributed by atoms with E-state index in [9.17, 15) is 55.5 Å². The molecule has 0 amide bonds. The summed E-state index contributed by atoms with van der Waals surface area (Å²) in [5, 5.41) is 89.0. The molecule has 1 saturated heterocycles. The van der Waals surface area contributed by atoms with Crippen LogP contribution < -0.4 is 14.2 Å². The van der Waals surface area contributed by atoms with Crippen molar-refractivity contribution in [3.05, 3.63) is 47.5 Å². The summed E-state index contributed by atoms with van der Waals surface area (Å²) in [7, 11) is 1.45. The second kappa shape index (κ2) is 16.9. The molecule has 10 atom stereocenters. The van der Waals surface area contributed by atoms with Gasteiger partial charge < -0.3 is 69.6 Å². The lowest BCUT2D eigenvalue weighted by Gasteiger charge is -2.38. The number of benzene rings is 2. The number of aliphatic carboxylic acids is 2. The van der Waals surface area contributed by atoms with Gasteiger partial charge in [-0.05, 0) is 60.1 Å². The normalized spacial score (nSPS) is 24.4. The van der Waals surface area contributed by atoms with E-state index < -0.39 is 74.4 Å². The number of carboxylic acid groups (broad SMARTS) is 2. The first-order chi connectivity index (χ1) is 22.2. The number of hydrogen-bond acceptors (Lipinski definition) is 14. The topological polar surface area (TPSA) is 262 Å². The van der Waals surface area contributed by atoms with Crippen molar-refractivity contribution >= 4 is 11.9 Å². The molecule has 1 aliphatic rings. The van der Waals surface area contributed by atoms with Crippen LogP contribution in [-0.2, 0) is 31.9 Å². The van der Waals surface area contributed by atoms with E-state index in [1.54, 1.807) is 18.2 Å². The van der Waals surface area contributed by atoms with E-state index in [-0.39, 0.29) is 29.1 Å². The van der Waals surface area contributed by atoms with E-state index in [0.717, 1.165) is 5.56 Å². The molecular formula is C31H42O16. The molecule has 3 rings (SSSR count). The van der Waals surface area contributed by atoms with Gasteiger partial charge in [-0.15, -0.1) is 0 Å². The number of aromatic hydroxyl groups is 1. The number of phenolic OH excluding ortho intramolecular Hbond substituents is 1. The van der Waals surface area contributed by atoms with Gasteiger partial charge in [0.2, 0.25) is 12.6 Å². The SMILES string of the molecule is COc1ccc(CC(C)C(C)Cc2ccc(OC(OC(CO)C(=O)O)C(O)CO)c(OC3OC(C(=O)O)C(O)C(O)C3O)c2)cc1O. The molecule has 0 saturated carbocycles. The summed E-state index contributed by atoms with van der Waals surface area (Å²) in [6, 6.07) is 9.55. The zero-order valence-corrected chi connectivity index (χ0v) is 25.9. The number of carboxylic acids is 2. The van der Waals surface area contributed by atoms with Gasteiger partial charge in [-0.1, -0.05) is 26.0 Å². The molecule has 2 aromatic rings. The lowest BCUT2D eigenvalue weighted by molar-refractivity contribution is -0.271. The van der Waals surface area contributed by atoms with Crippen molar-refractivity contribution in [3.8, 4) is 23.0 Å². The largest absolute Gasteiger partial charge is 0.504 e. The van der Waals surface area contributed by atoms with Crippen LogP contribution in [0.25, 0.3) is 0 Å². The first-order valence-electron chi connectivity index (χ1n) is 14.7. The van der Waals surface area contributed by atoms with Crippen LogP contribution in [0, 0.1) is 11.8 Å². The highest BCUT2D eigenvalue weighted by Crippen LogP contribution is 2.35. The fourth-order valence-corrected chi connectivity index (χ4v) is 4.90. The summed E-state index contributed by atoms with van der Waals surface area (Å²) in [6.07, 6.45) is -14.2. The van der Waals surface area contributed by atoms with Crippen LogP contribution in [-0.4, -0.2) is 127 Å². The van der Waals surface area contributed by atoms with Crippen molar-refractivity contribution < 1.29 is 79.2 Å². The molecule has 0 aromatic heterocycles. The van der Waals surface area contributed by atoms with E-state index in [0.29, 0.717) is 24.2 Å². The number of aliphatic hydroxyl groups excluding tert-OH is 6. The molecule has 47 heavy (non-hydrogen) atoms. The highest BCUT2D eigenvalue weighted by molar-refractivity contribution is 5.73. The molecule has 0 radical (unpaired) electrons. The van der Waals surface area contributed by atoms with E-state index in [1.807, 2.05) is 19.9 Å². The molecule has 262 valence electrons. The predicted molar refractivity (Wildman–Crippen MR) is 159 cm³/mol. The van der Waals surface area contributed by atoms with Crippen LogP contribution in [0.4, 0.5) is 0 Å². The minimum Gasteiger partial charge on any atom is -0.504 e. The maximum atomic E-state index is 11.6. The van der Waals surface area contributed by atoms with Crippen molar-refractivity contribution in [2.75, 3.05) is 20.3 Å². The van der Waals surface area contributed by atoms with E-state index in [2.05, 4.69) is 0 Å². The monoisotopic (exact) mass is 670 g/mol. The second-order valence-electron chi connectivity index (χ2n) is 11.4. The number of carbonyl (C=O) groups is 2. The Morgan fingerprint density at radius 1 is 0.851 bits per heavy atom.